The number of amides is 3. The van der Waals surface area contributed by atoms with Gasteiger partial charge >= 0.3 is 11.9 Å². The van der Waals surface area contributed by atoms with Crippen molar-refractivity contribution >= 4 is 29.5 Å². The Balaban J connectivity index is 1.58. The van der Waals surface area contributed by atoms with Gasteiger partial charge in [-0.15, -0.1) is 0 Å². The summed E-state index contributed by atoms with van der Waals surface area (Å²) in [4.78, 5) is 62.3. The van der Waals surface area contributed by atoms with Crippen molar-refractivity contribution in [2.24, 2.45) is 0 Å². The van der Waals surface area contributed by atoms with Crippen LogP contribution in [0, 0.1) is 0 Å². The van der Waals surface area contributed by atoms with Crippen LogP contribution in [0.25, 0.3) is 0 Å². The largest absolute Gasteiger partial charge is 0.338 e. The minimum Gasteiger partial charge on any atom is -0.338 e. The van der Waals surface area contributed by atoms with Gasteiger partial charge in [0, 0.05) is 31.5 Å². The number of hydroxylamine groups is 2. The van der Waals surface area contributed by atoms with Crippen LogP contribution in [0.3, 0.4) is 0 Å². The Hall–Kier alpha value is -2.51. The normalized spacial score (nSPS) is 17.8. The first-order valence-corrected chi connectivity index (χ1v) is 7.08. The first kappa shape index (κ1) is 15.9. The average molecular weight is 308 g/mol. The molecule has 3 amide bonds. The molecule has 2 heterocycles. The quantitative estimate of drug-likeness (QED) is 0.364. The molecule has 0 spiro atoms. The lowest BCUT2D eigenvalue weighted by molar-refractivity contribution is -0.193. The van der Waals surface area contributed by atoms with Crippen LogP contribution in [0.2, 0.25) is 0 Å². The summed E-state index contributed by atoms with van der Waals surface area (Å²) >= 11 is 0. The van der Waals surface area contributed by atoms with E-state index in [0.717, 1.165) is 9.96 Å². The number of carbonyl (C=O) groups is 5. The monoisotopic (exact) mass is 308 g/mol. The van der Waals surface area contributed by atoms with Gasteiger partial charge in [-0.1, -0.05) is 6.42 Å². The van der Waals surface area contributed by atoms with Crippen molar-refractivity contribution in [1.29, 1.82) is 0 Å². The minimum atomic E-state index is -0.785. The van der Waals surface area contributed by atoms with Gasteiger partial charge < -0.3 is 4.84 Å². The molecule has 0 aromatic carbocycles. The highest BCUT2D eigenvalue weighted by atomic mass is 16.7. The number of unbranched alkanes of at least 4 members (excludes halogenated alkanes) is 2. The van der Waals surface area contributed by atoms with E-state index in [1.165, 1.54) is 12.2 Å². The minimum absolute atomic E-state index is 0.0675. The standard InChI is InChI=1S/C14H16N2O6/c17-10-7-9-16(14(10)21)22-13(20)4-2-1-3-8-15-11(18)5-6-12(15)19/h5-6H,1-4,7-9H2. The van der Waals surface area contributed by atoms with Crippen LogP contribution in [0.4, 0.5) is 0 Å². The van der Waals surface area contributed by atoms with Crippen molar-refractivity contribution in [3.8, 4) is 0 Å². The highest BCUT2D eigenvalue weighted by Gasteiger charge is 2.32. The number of hydrogen-bond donors (Lipinski definition) is 0. The summed E-state index contributed by atoms with van der Waals surface area (Å²) in [7, 11) is 0. The van der Waals surface area contributed by atoms with Gasteiger partial charge in [-0.3, -0.25) is 24.1 Å². The first-order valence-electron chi connectivity index (χ1n) is 7.08. The van der Waals surface area contributed by atoms with E-state index in [0.29, 0.717) is 25.8 Å². The summed E-state index contributed by atoms with van der Waals surface area (Å²) in [6.07, 6.45) is 4.38. The average Bonchev–Trinajstić information content (AvgIpc) is 2.96. The Bertz CT molecular complexity index is 536. The van der Waals surface area contributed by atoms with Crippen LogP contribution in [0.15, 0.2) is 12.2 Å². The van der Waals surface area contributed by atoms with E-state index in [2.05, 4.69) is 0 Å². The maximum atomic E-state index is 11.5. The molecule has 0 bridgehead atoms. The van der Waals surface area contributed by atoms with E-state index in [-0.39, 0.29) is 31.2 Å². The summed E-state index contributed by atoms with van der Waals surface area (Å²) in [5.41, 5.74) is 0. The molecule has 0 aromatic heterocycles. The van der Waals surface area contributed by atoms with E-state index in [1.807, 2.05) is 0 Å². The molecular weight excluding hydrogens is 292 g/mol. The molecule has 0 radical (unpaired) electrons. The van der Waals surface area contributed by atoms with E-state index >= 15 is 0 Å². The van der Waals surface area contributed by atoms with Gasteiger partial charge in [0.1, 0.15) is 0 Å². The molecule has 0 aromatic rings. The van der Waals surface area contributed by atoms with Gasteiger partial charge in [-0.05, 0) is 12.8 Å². The third-order valence-corrected chi connectivity index (χ3v) is 3.38. The fourth-order valence-corrected chi connectivity index (χ4v) is 2.17. The van der Waals surface area contributed by atoms with Crippen LogP contribution in [0.1, 0.15) is 32.1 Å². The van der Waals surface area contributed by atoms with E-state index in [4.69, 9.17) is 4.84 Å². The predicted octanol–water partition coefficient (Wildman–Crippen LogP) is -0.269. The van der Waals surface area contributed by atoms with Crippen molar-refractivity contribution in [2.45, 2.75) is 32.1 Å². The molecule has 22 heavy (non-hydrogen) atoms. The molecule has 0 N–H and O–H groups in total. The number of Topliss-reactive ketones (excluding diaryl/α,β-unsaturated/α-hetero) is 1. The topological polar surface area (TPSA) is 101 Å². The highest BCUT2D eigenvalue weighted by Crippen LogP contribution is 2.11. The number of nitrogens with zero attached hydrogens (tertiary/aromatic N) is 2. The maximum absolute atomic E-state index is 11.5. The zero-order valence-electron chi connectivity index (χ0n) is 11.9. The Morgan fingerprint density at radius 3 is 2.32 bits per heavy atom. The van der Waals surface area contributed by atoms with Gasteiger partial charge in [-0.25, -0.2) is 4.79 Å². The van der Waals surface area contributed by atoms with Gasteiger partial charge in [0.15, 0.2) is 0 Å². The molecular formula is C14H16N2O6. The van der Waals surface area contributed by atoms with E-state index in [9.17, 15) is 24.0 Å². The molecule has 0 unspecified atom stereocenters. The van der Waals surface area contributed by atoms with Gasteiger partial charge in [0.2, 0.25) is 5.78 Å². The Morgan fingerprint density at radius 2 is 1.73 bits per heavy atom. The Labute approximate surface area is 126 Å². The second kappa shape index (κ2) is 6.97. The molecule has 0 atom stereocenters. The molecule has 2 aliphatic heterocycles. The SMILES string of the molecule is O=C(CCCCCN1C(=O)C=CC1=O)ON1CCC(=O)C1=O. The molecule has 2 aliphatic rings. The maximum Gasteiger partial charge on any atom is 0.332 e. The van der Waals surface area contributed by atoms with Crippen LogP contribution >= 0.6 is 0 Å². The molecule has 118 valence electrons. The number of hydrogen-bond acceptors (Lipinski definition) is 6. The second-order valence-corrected chi connectivity index (χ2v) is 5.02. The fraction of sp³-hybridized carbons (Fsp3) is 0.500. The van der Waals surface area contributed by atoms with Gasteiger partial charge in [0.05, 0.1) is 6.54 Å². The van der Waals surface area contributed by atoms with Crippen LogP contribution in [0.5, 0.6) is 0 Å². The third kappa shape index (κ3) is 3.78. The van der Waals surface area contributed by atoms with Crippen LogP contribution in [-0.4, -0.2) is 52.5 Å². The zero-order valence-corrected chi connectivity index (χ0v) is 11.9. The van der Waals surface area contributed by atoms with Crippen molar-refractivity contribution in [2.75, 3.05) is 13.1 Å². The number of carbonyl (C=O) groups excluding carboxylic acids is 5. The summed E-state index contributed by atoms with van der Waals surface area (Å²) in [6, 6.07) is 0. The molecule has 0 saturated carbocycles. The number of rotatable bonds is 7. The van der Waals surface area contributed by atoms with Crippen molar-refractivity contribution < 1.29 is 28.8 Å². The molecule has 8 heteroatoms. The highest BCUT2D eigenvalue weighted by molar-refractivity contribution is 6.37. The smallest absolute Gasteiger partial charge is 0.332 e. The van der Waals surface area contributed by atoms with E-state index < -0.39 is 17.7 Å². The fourth-order valence-electron chi connectivity index (χ4n) is 2.17. The lowest BCUT2D eigenvalue weighted by Gasteiger charge is -2.14. The Morgan fingerprint density at radius 1 is 1.05 bits per heavy atom. The summed E-state index contributed by atoms with van der Waals surface area (Å²) in [5, 5.41) is 0.790. The molecule has 2 rings (SSSR count). The van der Waals surface area contributed by atoms with Crippen molar-refractivity contribution in [3.05, 3.63) is 12.2 Å². The number of imide groups is 1. The first-order chi connectivity index (χ1) is 10.5. The van der Waals surface area contributed by atoms with Crippen LogP contribution < -0.4 is 0 Å². The summed E-state index contributed by atoms with van der Waals surface area (Å²) < 4.78 is 0. The molecule has 0 aliphatic carbocycles. The molecule has 1 saturated heterocycles. The zero-order chi connectivity index (χ0) is 16.1. The molecule has 8 nitrogen and oxygen atoms in total. The van der Waals surface area contributed by atoms with E-state index in [1.54, 1.807) is 0 Å². The van der Waals surface area contributed by atoms with Gasteiger partial charge in [0.25, 0.3) is 11.8 Å². The summed E-state index contributed by atoms with van der Waals surface area (Å²) in [5.74, 6) is -2.55. The van der Waals surface area contributed by atoms with Crippen molar-refractivity contribution in [3.63, 3.8) is 0 Å². The Kier molecular flexibility index (Phi) is 5.03. The summed E-state index contributed by atoms with van der Waals surface area (Å²) in [6.45, 7) is 0.425. The molecule has 1 fully saturated rings. The number of ketones is 1. The third-order valence-electron chi connectivity index (χ3n) is 3.38. The van der Waals surface area contributed by atoms with Crippen molar-refractivity contribution in [1.82, 2.24) is 9.96 Å². The second-order valence-electron chi connectivity index (χ2n) is 5.02. The predicted molar refractivity (Wildman–Crippen MR) is 71.8 cm³/mol. The van der Waals surface area contributed by atoms with Crippen LogP contribution in [-0.2, 0) is 28.8 Å². The lowest BCUT2D eigenvalue weighted by atomic mass is 10.2. The van der Waals surface area contributed by atoms with Gasteiger partial charge in [-0.2, -0.15) is 5.06 Å². The lowest BCUT2D eigenvalue weighted by Crippen LogP contribution is -2.31.